The number of aryl methyl sites for hydroxylation is 2. The lowest BCUT2D eigenvalue weighted by molar-refractivity contribution is 0.0680. The van der Waals surface area contributed by atoms with Crippen molar-refractivity contribution in [1.82, 2.24) is 14.5 Å². The van der Waals surface area contributed by atoms with Gasteiger partial charge >= 0.3 is 0 Å². The highest BCUT2D eigenvalue weighted by atomic mass is 16.5. The lowest BCUT2D eigenvalue weighted by atomic mass is 10.0. The van der Waals surface area contributed by atoms with Crippen LogP contribution in [0.2, 0.25) is 0 Å². The van der Waals surface area contributed by atoms with Crippen LogP contribution in [0.4, 0.5) is 0 Å². The van der Waals surface area contributed by atoms with Crippen LogP contribution in [0.5, 0.6) is 5.75 Å². The van der Waals surface area contributed by atoms with Crippen molar-refractivity contribution in [3.8, 4) is 5.75 Å². The number of rotatable bonds is 10. The predicted molar refractivity (Wildman–Crippen MR) is 136 cm³/mol. The van der Waals surface area contributed by atoms with Crippen LogP contribution < -0.4 is 4.74 Å². The number of aromatic nitrogens is 2. The number of para-hydroxylation sites is 2. The van der Waals surface area contributed by atoms with E-state index in [0.29, 0.717) is 12.6 Å². The fourth-order valence-electron chi connectivity index (χ4n) is 4.73. The van der Waals surface area contributed by atoms with Gasteiger partial charge in [-0.2, -0.15) is 0 Å². The van der Waals surface area contributed by atoms with E-state index in [4.69, 9.17) is 9.72 Å². The fraction of sp³-hybridized carbons (Fsp3) is 0.500. The summed E-state index contributed by atoms with van der Waals surface area (Å²) in [5.74, 6) is 1.79. The van der Waals surface area contributed by atoms with Crippen molar-refractivity contribution < 1.29 is 9.53 Å². The molecule has 0 spiro atoms. The Balaban J connectivity index is 2.05. The van der Waals surface area contributed by atoms with E-state index in [-0.39, 0.29) is 11.9 Å². The Labute approximate surface area is 198 Å². The smallest absolute Gasteiger partial charge is 0.255 e. The molecule has 1 atom stereocenters. The maximum Gasteiger partial charge on any atom is 0.255 e. The number of hydrogen-bond donors (Lipinski definition) is 0. The van der Waals surface area contributed by atoms with Gasteiger partial charge in [0, 0.05) is 17.6 Å². The van der Waals surface area contributed by atoms with Crippen molar-refractivity contribution >= 4 is 16.9 Å². The van der Waals surface area contributed by atoms with Gasteiger partial charge in [-0.15, -0.1) is 0 Å². The fourth-order valence-corrected chi connectivity index (χ4v) is 4.73. The van der Waals surface area contributed by atoms with E-state index in [1.165, 1.54) is 12.8 Å². The Bertz CT molecular complexity index is 1080. The summed E-state index contributed by atoms with van der Waals surface area (Å²) >= 11 is 0. The molecule has 0 aliphatic rings. The molecule has 33 heavy (non-hydrogen) atoms. The third kappa shape index (κ3) is 5.23. The summed E-state index contributed by atoms with van der Waals surface area (Å²) < 4.78 is 7.79. The zero-order valence-corrected chi connectivity index (χ0v) is 21.3. The topological polar surface area (TPSA) is 47.4 Å². The van der Waals surface area contributed by atoms with Gasteiger partial charge in [-0.25, -0.2) is 4.98 Å². The van der Waals surface area contributed by atoms with Gasteiger partial charge in [0.25, 0.3) is 5.91 Å². The number of amides is 1. The van der Waals surface area contributed by atoms with E-state index in [2.05, 4.69) is 50.5 Å². The molecule has 1 amide bonds. The highest BCUT2D eigenvalue weighted by Gasteiger charge is 2.26. The largest absolute Gasteiger partial charge is 0.497 e. The second-order valence-corrected chi connectivity index (χ2v) is 9.25. The number of hydrogen-bond acceptors (Lipinski definition) is 3. The van der Waals surface area contributed by atoms with E-state index >= 15 is 0 Å². The quantitative estimate of drug-likeness (QED) is 0.340. The molecule has 0 N–H and O–H groups in total. The lowest BCUT2D eigenvalue weighted by Crippen LogP contribution is -2.38. The van der Waals surface area contributed by atoms with Crippen molar-refractivity contribution in [3.05, 3.63) is 58.9 Å². The van der Waals surface area contributed by atoms with Crippen molar-refractivity contribution in [2.45, 2.75) is 85.9 Å². The van der Waals surface area contributed by atoms with E-state index in [9.17, 15) is 4.79 Å². The average Bonchev–Trinajstić information content (AvgIpc) is 3.15. The second-order valence-electron chi connectivity index (χ2n) is 9.25. The summed E-state index contributed by atoms with van der Waals surface area (Å²) in [5.41, 5.74) is 4.78. The number of benzene rings is 2. The highest BCUT2D eigenvalue weighted by Crippen LogP contribution is 2.29. The van der Waals surface area contributed by atoms with Crippen LogP contribution in [0.1, 0.15) is 86.7 Å². The zero-order chi connectivity index (χ0) is 24.1. The molecule has 3 aromatic rings. The minimum Gasteiger partial charge on any atom is -0.497 e. The molecule has 0 bridgehead atoms. The molecule has 2 aromatic carbocycles. The Morgan fingerprint density at radius 2 is 1.79 bits per heavy atom. The van der Waals surface area contributed by atoms with E-state index < -0.39 is 0 Å². The van der Waals surface area contributed by atoms with Crippen molar-refractivity contribution in [2.24, 2.45) is 0 Å². The summed E-state index contributed by atoms with van der Waals surface area (Å²) in [6.07, 6.45) is 4.51. The van der Waals surface area contributed by atoms with Gasteiger partial charge in [-0.05, 0) is 75.9 Å². The maximum absolute atomic E-state index is 13.8. The number of unbranched alkanes of at least 4 members (excludes halogenated alkanes) is 1. The highest BCUT2D eigenvalue weighted by molar-refractivity contribution is 5.97. The molecular formula is C28H39N3O2. The number of carbonyl (C=O) groups is 1. The molecule has 0 aliphatic carbocycles. The molecule has 1 unspecified atom stereocenters. The number of fused-ring (bicyclic) bond motifs is 1. The second kappa shape index (κ2) is 10.9. The molecule has 0 aliphatic heterocycles. The van der Waals surface area contributed by atoms with Crippen molar-refractivity contribution in [1.29, 1.82) is 0 Å². The van der Waals surface area contributed by atoms with Crippen molar-refractivity contribution in [2.75, 3.05) is 7.11 Å². The average molecular weight is 450 g/mol. The van der Waals surface area contributed by atoms with Gasteiger partial charge in [0.15, 0.2) is 0 Å². The number of ether oxygens (including phenoxy) is 1. The van der Waals surface area contributed by atoms with Gasteiger partial charge in [0.1, 0.15) is 11.6 Å². The summed E-state index contributed by atoms with van der Waals surface area (Å²) in [6, 6.07) is 12.6. The van der Waals surface area contributed by atoms with Crippen LogP contribution >= 0.6 is 0 Å². The normalized spacial score (nSPS) is 12.4. The Hall–Kier alpha value is -2.82. The van der Waals surface area contributed by atoms with E-state index in [1.807, 2.05) is 36.9 Å². The predicted octanol–water partition coefficient (Wildman–Crippen LogP) is 6.85. The first-order valence-electron chi connectivity index (χ1n) is 12.2. The SMILES string of the molecule is CCCCC(CC)n1c(CN(C(=O)c2c(C)cc(OC)cc2C)C(C)C)nc2ccccc21. The van der Waals surface area contributed by atoms with Crippen LogP contribution in [0.3, 0.4) is 0 Å². The summed E-state index contributed by atoms with van der Waals surface area (Å²) in [4.78, 5) is 20.8. The summed E-state index contributed by atoms with van der Waals surface area (Å²) in [7, 11) is 1.66. The Morgan fingerprint density at radius 1 is 1.12 bits per heavy atom. The van der Waals surface area contributed by atoms with Crippen LogP contribution in [-0.2, 0) is 6.54 Å². The molecule has 0 fully saturated rings. The molecular weight excluding hydrogens is 410 g/mol. The zero-order valence-electron chi connectivity index (χ0n) is 21.3. The van der Waals surface area contributed by atoms with Crippen LogP contribution in [0, 0.1) is 13.8 Å². The molecule has 0 saturated heterocycles. The Kier molecular flexibility index (Phi) is 8.17. The molecule has 178 valence electrons. The van der Waals surface area contributed by atoms with Gasteiger partial charge in [-0.3, -0.25) is 4.79 Å². The molecule has 0 radical (unpaired) electrons. The van der Waals surface area contributed by atoms with Crippen molar-refractivity contribution in [3.63, 3.8) is 0 Å². The monoisotopic (exact) mass is 449 g/mol. The first-order valence-corrected chi connectivity index (χ1v) is 12.2. The van der Waals surface area contributed by atoms with Gasteiger partial charge in [0.05, 0.1) is 24.7 Å². The minimum atomic E-state index is 0.0439. The molecule has 3 rings (SSSR count). The van der Waals surface area contributed by atoms with Crippen LogP contribution in [0.15, 0.2) is 36.4 Å². The first kappa shape index (κ1) is 24.8. The molecule has 1 aromatic heterocycles. The van der Waals surface area contributed by atoms with E-state index in [1.54, 1.807) is 7.11 Å². The maximum atomic E-state index is 13.8. The summed E-state index contributed by atoms with van der Waals surface area (Å²) in [6.45, 7) is 13.1. The molecule has 1 heterocycles. The number of nitrogens with zero attached hydrogens (tertiary/aromatic N) is 3. The lowest BCUT2D eigenvalue weighted by Gasteiger charge is -2.29. The Morgan fingerprint density at radius 3 is 2.36 bits per heavy atom. The third-order valence-corrected chi connectivity index (χ3v) is 6.55. The first-order chi connectivity index (χ1) is 15.8. The number of carbonyl (C=O) groups excluding carboxylic acids is 1. The number of imidazole rings is 1. The van der Waals surface area contributed by atoms with E-state index in [0.717, 1.165) is 52.1 Å². The number of methoxy groups -OCH3 is 1. The van der Waals surface area contributed by atoms with Crippen LogP contribution in [0.25, 0.3) is 11.0 Å². The standard InChI is InChI=1S/C28H39N3O2/c1-8-10-13-22(9-2)31-25-15-12-11-14-24(25)29-26(31)18-30(19(3)4)28(32)27-20(5)16-23(33-7)17-21(27)6/h11-12,14-17,19,22H,8-10,13,18H2,1-7H3. The molecule has 0 saturated carbocycles. The van der Waals surface area contributed by atoms with Gasteiger partial charge < -0.3 is 14.2 Å². The summed E-state index contributed by atoms with van der Waals surface area (Å²) in [5, 5.41) is 0. The van der Waals surface area contributed by atoms with Gasteiger partial charge in [0.2, 0.25) is 0 Å². The van der Waals surface area contributed by atoms with Gasteiger partial charge in [-0.1, -0.05) is 38.8 Å². The third-order valence-electron chi connectivity index (χ3n) is 6.55. The van der Waals surface area contributed by atoms with Crippen LogP contribution in [-0.4, -0.2) is 33.5 Å². The minimum absolute atomic E-state index is 0.0439. The molecule has 5 heteroatoms. The molecule has 5 nitrogen and oxygen atoms in total.